The fourth-order valence-electron chi connectivity index (χ4n) is 8.27. The Morgan fingerprint density at radius 3 is 2.19 bits per heavy atom. The second-order valence-electron chi connectivity index (χ2n) is 10.4. The average Bonchev–Trinajstić information content (AvgIpc) is 3.11. The molecular weight excluding hydrogens is 454 g/mol. The highest BCUT2D eigenvalue weighted by Crippen LogP contribution is 2.82. The van der Waals surface area contributed by atoms with Crippen molar-refractivity contribution in [3.8, 4) is 0 Å². The third-order valence-corrected chi connectivity index (χ3v) is 9.93. The summed E-state index contributed by atoms with van der Waals surface area (Å²) in [6.45, 7) is 3.42. The number of rotatable bonds is 8. The number of hydrogen-bond donors (Lipinski definition) is 2. The number of amides is 2. The van der Waals surface area contributed by atoms with E-state index in [4.69, 9.17) is 11.5 Å². The van der Waals surface area contributed by atoms with Crippen LogP contribution in [0.15, 0.2) is 28.7 Å². The Morgan fingerprint density at radius 1 is 0.968 bits per heavy atom. The van der Waals surface area contributed by atoms with Gasteiger partial charge in [-0.05, 0) is 106 Å². The molecule has 1 aliphatic heterocycles. The van der Waals surface area contributed by atoms with Crippen molar-refractivity contribution in [2.24, 2.45) is 34.1 Å². The number of nitrogens with zero attached hydrogens (tertiary/aromatic N) is 1. The zero-order valence-corrected chi connectivity index (χ0v) is 19.8. The Bertz CT molecular complexity index is 877. The van der Waals surface area contributed by atoms with Crippen LogP contribution in [-0.4, -0.2) is 36.3 Å². The van der Waals surface area contributed by atoms with Crippen molar-refractivity contribution < 1.29 is 9.59 Å². The highest BCUT2D eigenvalue weighted by Gasteiger charge is 2.83. The Labute approximate surface area is 193 Å². The third kappa shape index (κ3) is 2.83. The molecule has 5 rings (SSSR count). The van der Waals surface area contributed by atoms with Gasteiger partial charge in [-0.2, -0.15) is 0 Å². The van der Waals surface area contributed by atoms with Gasteiger partial charge in [0.25, 0.3) is 0 Å². The van der Waals surface area contributed by atoms with Crippen LogP contribution >= 0.6 is 15.9 Å². The molecule has 31 heavy (non-hydrogen) atoms. The maximum Gasteiger partial charge on any atom is 0.229 e. The first-order valence-electron chi connectivity index (χ1n) is 12.0. The summed E-state index contributed by atoms with van der Waals surface area (Å²) in [6.07, 6.45) is 9.32. The van der Waals surface area contributed by atoms with Gasteiger partial charge in [0, 0.05) is 4.47 Å². The second-order valence-corrected chi connectivity index (χ2v) is 11.4. The number of benzene rings is 1. The molecule has 4 fully saturated rings. The minimum atomic E-state index is -0.993. The van der Waals surface area contributed by atoms with Crippen LogP contribution < -0.4 is 11.5 Å². The number of carbonyl (C=O) groups is 2. The number of primary amides is 2. The molecule has 3 saturated carbocycles. The molecular formula is C25H34BrN3O2. The van der Waals surface area contributed by atoms with Crippen molar-refractivity contribution in [1.82, 2.24) is 4.90 Å². The van der Waals surface area contributed by atoms with Crippen LogP contribution in [0.3, 0.4) is 0 Å². The molecule has 1 aromatic carbocycles. The van der Waals surface area contributed by atoms with E-state index in [-0.39, 0.29) is 29.1 Å². The Hall–Kier alpha value is -1.40. The summed E-state index contributed by atoms with van der Waals surface area (Å²) in [6, 6.07) is 7.91. The van der Waals surface area contributed by atoms with Crippen molar-refractivity contribution in [3.63, 3.8) is 0 Å². The van der Waals surface area contributed by atoms with Gasteiger partial charge in [-0.15, -0.1) is 0 Å². The normalized spacial score (nSPS) is 35.6. The molecule has 0 aromatic heterocycles. The predicted molar refractivity (Wildman–Crippen MR) is 124 cm³/mol. The molecule has 4 N–H and O–H groups in total. The summed E-state index contributed by atoms with van der Waals surface area (Å²) < 4.78 is 0.954. The van der Waals surface area contributed by atoms with Crippen LogP contribution in [0, 0.1) is 22.7 Å². The maximum absolute atomic E-state index is 13.5. The summed E-state index contributed by atoms with van der Waals surface area (Å²) in [7, 11) is 0. The van der Waals surface area contributed by atoms with E-state index in [1.165, 1.54) is 25.9 Å². The molecule has 1 heterocycles. The number of carbonyl (C=O) groups excluding carboxylic acids is 2. The van der Waals surface area contributed by atoms with E-state index in [2.05, 4.69) is 20.8 Å². The van der Waals surface area contributed by atoms with Crippen LogP contribution in [0.1, 0.15) is 63.4 Å². The fourth-order valence-corrected chi connectivity index (χ4v) is 8.54. The first-order chi connectivity index (χ1) is 14.9. The van der Waals surface area contributed by atoms with Crippen molar-refractivity contribution >= 4 is 27.7 Å². The number of unbranched alkanes of at least 4 members (excludes halogenated alkanes) is 1. The first-order valence-corrected chi connectivity index (χ1v) is 12.8. The van der Waals surface area contributed by atoms with Crippen molar-refractivity contribution in [2.45, 2.75) is 63.2 Å². The Balaban J connectivity index is 1.55. The minimum Gasteiger partial charge on any atom is -0.369 e. The van der Waals surface area contributed by atoms with Gasteiger partial charge in [0.2, 0.25) is 11.8 Å². The zero-order valence-electron chi connectivity index (χ0n) is 18.2. The van der Waals surface area contributed by atoms with Crippen LogP contribution in [0.4, 0.5) is 0 Å². The minimum absolute atomic E-state index is 0.0755. The van der Waals surface area contributed by atoms with Crippen molar-refractivity contribution in [3.05, 3.63) is 34.3 Å². The molecule has 4 atom stereocenters. The van der Waals surface area contributed by atoms with Crippen LogP contribution in [-0.2, 0) is 15.0 Å². The zero-order chi connectivity index (χ0) is 21.9. The van der Waals surface area contributed by atoms with E-state index in [9.17, 15) is 9.59 Å². The number of hydrogen-bond acceptors (Lipinski definition) is 3. The highest BCUT2D eigenvalue weighted by atomic mass is 79.9. The van der Waals surface area contributed by atoms with Gasteiger partial charge in [0.1, 0.15) is 0 Å². The average molecular weight is 488 g/mol. The lowest BCUT2D eigenvalue weighted by molar-refractivity contribution is -0.147. The van der Waals surface area contributed by atoms with Crippen molar-refractivity contribution in [2.75, 3.05) is 19.6 Å². The molecule has 1 saturated heterocycles. The largest absolute Gasteiger partial charge is 0.369 e. The van der Waals surface area contributed by atoms with Crippen LogP contribution in [0.2, 0.25) is 0 Å². The Morgan fingerprint density at radius 2 is 1.61 bits per heavy atom. The summed E-state index contributed by atoms with van der Waals surface area (Å²) in [5.74, 6) is -0.374. The van der Waals surface area contributed by atoms with Gasteiger partial charge in [0.05, 0.1) is 10.8 Å². The SMILES string of the molecule is NC(=O)[C@]1(CCCCN2CCCC2)[C@@H]2CC[C@@H](C23CC3)[C@@]1(C(N)=O)c1ccc(Br)cc1. The molecule has 1 spiro atoms. The topological polar surface area (TPSA) is 89.4 Å². The molecule has 2 amide bonds. The Kier molecular flexibility index (Phi) is 5.25. The quantitative estimate of drug-likeness (QED) is 0.547. The van der Waals surface area contributed by atoms with Gasteiger partial charge >= 0.3 is 0 Å². The number of nitrogens with two attached hydrogens (primary N) is 2. The van der Waals surface area contributed by atoms with E-state index in [1.54, 1.807) is 0 Å². The molecule has 0 radical (unpaired) electrons. The number of halogens is 1. The number of likely N-dealkylation sites (tertiary alicyclic amines) is 1. The molecule has 2 bridgehead atoms. The lowest BCUT2D eigenvalue weighted by Gasteiger charge is -2.50. The van der Waals surface area contributed by atoms with Crippen LogP contribution in [0.5, 0.6) is 0 Å². The monoisotopic (exact) mass is 487 g/mol. The first kappa shape index (κ1) is 21.4. The van der Waals surface area contributed by atoms with E-state index in [1.807, 2.05) is 24.3 Å². The molecule has 6 heteroatoms. The van der Waals surface area contributed by atoms with Gasteiger partial charge in [-0.25, -0.2) is 0 Å². The molecule has 5 nitrogen and oxygen atoms in total. The summed E-state index contributed by atoms with van der Waals surface area (Å²) in [5, 5.41) is 0. The van der Waals surface area contributed by atoms with E-state index < -0.39 is 10.8 Å². The molecule has 168 valence electrons. The standard InChI is InChI=1S/C25H34BrN3O2/c26-18-7-5-17(6-8-18)25(22(28)31)20-10-9-19(23(20)12-13-23)24(25,21(27)30)11-1-2-14-29-15-3-4-16-29/h5-8,19-20H,1-4,9-16H2,(H2,27,30)(H2,28,31)/t19-,20+,24+,25-/m1/s1. The molecule has 3 aliphatic carbocycles. The highest BCUT2D eigenvalue weighted by molar-refractivity contribution is 9.10. The predicted octanol–water partition coefficient (Wildman–Crippen LogP) is 3.73. The summed E-state index contributed by atoms with van der Waals surface area (Å²) in [4.78, 5) is 29.4. The van der Waals surface area contributed by atoms with E-state index in [0.29, 0.717) is 6.42 Å². The molecule has 1 aromatic rings. The van der Waals surface area contributed by atoms with Crippen LogP contribution in [0.25, 0.3) is 0 Å². The van der Waals surface area contributed by atoms with Gasteiger partial charge in [-0.3, -0.25) is 9.59 Å². The molecule has 4 aliphatic rings. The lowest BCUT2D eigenvalue weighted by Crippen LogP contribution is -2.63. The maximum atomic E-state index is 13.5. The molecule has 0 unspecified atom stereocenters. The summed E-state index contributed by atoms with van der Waals surface area (Å²) >= 11 is 3.51. The van der Waals surface area contributed by atoms with Crippen molar-refractivity contribution in [1.29, 1.82) is 0 Å². The van der Waals surface area contributed by atoms with Gasteiger partial charge < -0.3 is 16.4 Å². The van der Waals surface area contributed by atoms with Gasteiger partial charge in [-0.1, -0.05) is 34.5 Å². The fraction of sp³-hybridized carbons (Fsp3) is 0.680. The lowest BCUT2D eigenvalue weighted by atomic mass is 9.50. The second kappa shape index (κ2) is 7.58. The summed E-state index contributed by atoms with van der Waals surface area (Å²) in [5.41, 5.74) is 11.7. The van der Waals surface area contributed by atoms with Gasteiger partial charge in [0.15, 0.2) is 0 Å². The smallest absolute Gasteiger partial charge is 0.229 e. The van der Waals surface area contributed by atoms with E-state index >= 15 is 0 Å². The van der Waals surface area contributed by atoms with E-state index in [0.717, 1.165) is 55.1 Å². The third-order valence-electron chi connectivity index (χ3n) is 9.40.